The number of rotatable bonds is 39. The largest absolute Gasteiger partial charge is 0.370 e. The number of fused-ring (bicyclic) bond motifs is 6. The molecule has 0 aliphatic heterocycles. The van der Waals surface area contributed by atoms with E-state index < -0.39 is 137 Å². The molecule has 7 aromatic rings. The lowest BCUT2D eigenvalue weighted by Gasteiger charge is -2.37. The number of benzene rings is 7. The number of hydroxylamine groups is 2. The molecular formula is C88H110N14O14. The summed E-state index contributed by atoms with van der Waals surface area (Å²) in [7, 11) is 2.88. The van der Waals surface area contributed by atoms with E-state index >= 15 is 0 Å². The molecule has 0 radical (unpaired) electrons. The second kappa shape index (κ2) is 43.5. The molecule has 0 aromatic heterocycles. The van der Waals surface area contributed by atoms with Gasteiger partial charge in [0.1, 0.15) is 60.4 Å². The number of nitrogens with one attached hydrogen (secondary N) is 13. The molecular weight excluding hydrogens is 1480 g/mol. The Bertz CT molecular complexity index is 4440. The molecule has 2 aliphatic rings. The van der Waals surface area contributed by atoms with Crippen LogP contribution in [0.15, 0.2) is 182 Å². The van der Waals surface area contributed by atoms with Gasteiger partial charge in [0, 0.05) is 25.9 Å². The fourth-order valence-electron chi connectivity index (χ4n) is 14.0. The maximum Gasteiger partial charge on any atom is 0.325 e. The summed E-state index contributed by atoms with van der Waals surface area (Å²) in [5.74, 6) is -7.22. The zero-order chi connectivity index (χ0) is 84.2. The number of aryl methyl sites for hydroxylation is 1. The SMILES string of the molecule is CNC(=O)[C@H](C)NC(=O)[C@H](C)NC(=O)[C@H](C)NC(=O)[C@H](C)NC(=O)[C@H](CCCCN)NOC(=O)CC1c2ccccc2-c2ccccc21.CNC(=O)[C@H](C)NC(=O)[C@H](C)NC(=O)[C@H](C)NC(=O)[C@H](C)NC(=O)[C@H](CCCCNC(c1ccccc1)(c1ccccc1)c1ccc(C)cc1)NOC(=O)CC1c2ccccc2-c2ccccc21. The lowest BCUT2D eigenvalue weighted by Crippen LogP contribution is -2.57. The van der Waals surface area contributed by atoms with Crippen LogP contribution in [0, 0.1) is 6.92 Å². The third-order valence-electron chi connectivity index (χ3n) is 20.6. The van der Waals surface area contributed by atoms with Gasteiger partial charge in [0.15, 0.2) is 0 Å². The highest BCUT2D eigenvalue weighted by Gasteiger charge is 2.38. The fraction of sp³-hybridized carbons (Fsp3) is 0.386. The molecule has 0 bridgehead atoms. The molecule has 2 aliphatic carbocycles. The molecule has 28 heteroatoms. The van der Waals surface area contributed by atoms with Crippen LogP contribution in [-0.4, -0.2) is 159 Å². The predicted octanol–water partition coefficient (Wildman–Crippen LogP) is 5.93. The van der Waals surface area contributed by atoms with E-state index in [0.29, 0.717) is 38.8 Å². The van der Waals surface area contributed by atoms with E-state index in [4.69, 9.17) is 15.4 Å². The smallest absolute Gasteiger partial charge is 0.325 e. The van der Waals surface area contributed by atoms with E-state index in [9.17, 15) is 57.5 Å². The minimum absolute atomic E-state index is 0.0332. The summed E-state index contributed by atoms with van der Waals surface area (Å²) < 4.78 is 0. The number of unbranched alkanes of at least 4 members (excludes halogenated alkanes) is 2. The first-order chi connectivity index (χ1) is 55.6. The van der Waals surface area contributed by atoms with Crippen LogP contribution in [0.2, 0.25) is 0 Å². The summed E-state index contributed by atoms with van der Waals surface area (Å²) in [6.45, 7) is 14.7. The van der Waals surface area contributed by atoms with Crippen molar-refractivity contribution in [3.8, 4) is 22.3 Å². The van der Waals surface area contributed by atoms with E-state index in [0.717, 1.165) is 66.8 Å². The Morgan fingerprint density at radius 3 is 0.905 bits per heavy atom. The van der Waals surface area contributed by atoms with Gasteiger partial charge in [-0.2, -0.15) is 0 Å². The van der Waals surface area contributed by atoms with Gasteiger partial charge in [-0.1, -0.05) is 188 Å². The Labute approximate surface area is 677 Å². The molecule has 9 rings (SSSR count). The molecule has 0 heterocycles. The fourth-order valence-corrected chi connectivity index (χ4v) is 14.0. The molecule has 0 saturated carbocycles. The van der Waals surface area contributed by atoms with Gasteiger partial charge in [-0.15, -0.1) is 11.0 Å². The Morgan fingerprint density at radius 1 is 0.336 bits per heavy atom. The van der Waals surface area contributed by atoms with Gasteiger partial charge in [-0.3, -0.25) is 62.9 Å². The van der Waals surface area contributed by atoms with Crippen molar-refractivity contribution in [2.24, 2.45) is 5.73 Å². The highest BCUT2D eigenvalue weighted by atomic mass is 16.7. The highest BCUT2D eigenvalue weighted by Crippen LogP contribution is 2.48. The van der Waals surface area contributed by atoms with Crippen LogP contribution in [0.4, 0.5) is 0 Å². The third-order valence-corrected chi connectivity index (χ3v) is 20.6. The summed E-state index contributed by atoms with van der Waals surface area (Å²) in [5.41, 5.74) is 23.0. The Hall–Kier alpha value is -12.0. The molecule has 10 amide bonds. The number of hydrogen-bond acceptors (Lipinski definition) is 18. The molecule has 7 aromatic carbocycles. The summed E-state index contributed by atoms with van der Waals surface area (Å²) >= 11 is 0. The number of amides is 10. The zero-order valence-corrected chi connectivity index (χ0v) is 67.6. The molecule has 0 spiro atoms. The maximum atomic E-state index is 14.0. The van der Waals surface area contributed by atoms with Crippen LogP contribution in [0.5, 0.6) is 0 Å². The number of carbonyl (C=O) groups excluding carboxylic acids is 12. The Balaban J connectivity index is 0.000000308. The van der Waals surface area contributed by atoms with Gasteiger partial charge in [0.05, 0.1) is 18.4 Å². The van der Waals surface area contributed by atoms with Crippen molar-refractivity contribution in [3.05, 3.63) is 226 Å². The Kier molecular flexibility index (Phi) is 33.6. The predicted molar refractivity (Wildman–Crippen MR) is 440 cm³/mol. The van der Waals surface area contributed by atoms with Gasteiger partial charge in [-0.25, -0.2) is 0 Å². The first-order valence-corrected chi connectivity index (χ1v) is 39.4. The van der Waals surface area contributed by atoms with Gasteiger partial charge in [0.2, 0.25) is 59.1 Å². The monoisotopic (exact) mass is 1590 g/mol. The summed E-state index contributed by atoms with van der Waals surface area (Å²) in [5, 5.41) is 29.2. The Morgan fingerprint density at radius 2 is 0.603 bits per heavy atom. The van der Waals surface area contributed by atoms with E-state index in [1.807, 2.05) is 133 Å². The average molecular weight is 1590 g/mol. The molecule has 0 saturated heterocycles. The number of likely N-dealkylation sites (N-methyl/N-ethyl adjacent to an activating group) is 2. The standard InChI is InChI=1S/C54H63N7O7.C34H47N7O7/c1-34-28-30-41(31-29-34)54(39-19-9-7-10-20-39,40-21-11-8-12-22-40)56-32-18-17-27-47(61-68-48(62)33-46-44-25-15-13-23-42(44)43-24-14-16-26-45(43)46)53(67)60-38(5)52(66)59-37(4)51(65)58-36(3)50(64)57-35(2)49(63)55-6;1-19(30(43)36-5)37-31(44)20(2)38-32(45)21(3)39-33(46)22(4)40-34(47)28(16-10-11-17-35)41-48-29(42)18-27-25-14-8-6-12-23(25)24-13-7-9-15-26(24)27/h7-16,19-26,28-31,35-38,46-47,56,61H,17-18,27,32-33H2,1-6H3,(H,55,63)(H,57,64)(H,58,65)(H,59,66)(H,60,67);6-9,12-15,19-22,27-28,41H,10-11,16-18,35H2,1-5H3,(H,36,43)(H,37,44)(H,38,45)(H,39,46)(H,40,47)/t35-,36-,37-,38-,47-;19-,20-,21-,22-,28-/m00/s1. The molecule has 10 atom stereocenters. The maximum absolute atomic E-state index is 14.0. The number of hydrogen-bond donors (Lipinski definition) is 14. The molecule has 116 heavy (non-hydrogen) atoms. The van der Waals surface area contributed by atoms with E-state index in [1.54, 1.807) is 0 Å². The summed E-state index contributed by atoms with van der Waals surface area (Å²) in [6, 6.07) is 50.9. The lowest BCUT2D eigenvalue weighted by molar-refractivity contribution is -0.156. The van der Waals surface area contributed by atoms with Crippen LogP contribution in [0.25, 0.3) is 22.3 Å². The minimum atomic E-state index is -1.10. The highest BCUT2D eigenvalue weighted by molar-refractivity contribution is 5.97. The molecule has 28 nitrogen and oxygen atoms in total. The lowest BCUT2D eigenvalue weighted by atomic mass is 9.76. The van der Waals surface area contributed by atoms with Crippen LogP contribution in [0.1, 0.15) is 163 Å². The molecule has 0 unspecified atom stereocenters. The van der Waals surface area contributed by atoms with Gasteiger partial charge >= 0.3 is 11.9 Å². The van der Waals surface area contributed by atoms with E-state index in [1.165, 1.54) is 69.5 Å². The van der Waals surface area contributed by atoms with E-state index in [-0.39, 0.29) is 37.5 Å². The van der Waals surface area contributed by atoms with E-state index in [2.05, 4.69) is 125 Å². The van der Waals surface area contributed by atoms with Crippen LogP contribution < -0.4 is 75.2 Å². The number of carbonyl (C=O) groups is 12. The third kappa shape index (κ3) is 24.1. The van der Waals surface area contributed by atoms with Crippen molar-refractivity contribution < 1.29 is 67.2 Å². The van der Waals surface area contributed by atoms with Crippen molar-refractivity contribution in [3.63, 3.8) is 0 Å². The first-order valence-electron chi connectivity index (χ1n) is 39.4. The van der Waals surface area contributed by atoms with Crippen molar-refractivity contribution in [1.29, 1.82) is 0 Å². The molecule has 616 valence electrons. The van der Waals surface area contributed by atoms with Crippen molar-refractivity contribution in [1.82, 2.24) is 69.4 Å². The zero-order valence-electron chi connectivity index (χ0n) is 67.6. The minimum Gasteiger partial charge on any atom is -0.370 e. The van der Waals surface area contributed by atoms with Crippen LogP contribution in [0.3, 0.4) is 0 Å². The first kappa shape index (κ1) is 89.6. The van der Waals surface area contributed by atoms with Crippen LogP contribution >= 0.6 is 0 Å². The van der Waals surface area contributed by atoms with Crippen molar-refractivity contribution >= 4 is 71.0 Å². The van der Waals surface area contributed by atoms with Crippen molar-refractivity contribution in [2.45, 2.75) is 191 Å². The summed E-state index contributed by atoms with van der Waals surface area (Å²) in [4.78, 5) is 165. The second-order valence-electron chi connectivity index (χ2n) is 29.3. The average Bonchev–Trinajstić information content (AvgIpc) is 1.48. The normalized spacial score (nSPS) is 14.5. The van der Waals surface area contributed by atoms with Gasteiger partial charge in [0.25, 0.3) is 0 Å². The van der Waals surface area contributed by atoms with Gasteiger partial charge < -0.3 is 68.6 Å². The van der Waals surface area contributed by atoms with Gasteiger partial charge in [-0.05, 0) is 175 Å². The topological polar surface area (TPSA) is 406 Å². The quantitative estimate of drug-likeness (QED) is 0.0121. The molecule has 0 fully saturated rings. The van der Waals surface area contributed by atoms with Crippen LogP contribution in [-0.2, 0) is 72.7 Å². The van der Waals surface area contributed by atoms with Crippen molar-refractivity contribution in [2.75, 3.05) is 27.2 Å². The molecule has 15 N–H and O–H groups in total. The summed E-state index contributed by atoms with van der Waals surface area (Å²) in [6.07, 6.45) is 2.99. The second-order valence-corrected chi connectivity index (χ2v) is 29.3. The number of nitrogens with two attached hydrogens (primary N) is 1.